The minimum atomic E-state index is -0.330. The first kappa shape index (κ1) is 21.0. The van der Waals surface area contributed by atoms with Crippen LogP contribution < -0.4 is 5.32 Å². The van der Waals surface area contributed by atoms with Gasteiger partial charge in [0.25, 0.3) is 5.91 Å². The fourth-order valence-corrected chi connectivity index (χ4v) is 4.07. The van der Waals surface area contributed by atoms with Gasteiger partial charge < -0.3 is 5.32 Å². The molecule has 2 aromatic heterocycles. The summed E-state index contributed by atoms with van der Waals surface area (Å²) < 4.78 is 1.64. The minimum Gasteiger partial charge on any atom is -0.321 e. The number of hydrogen-bond acceptors (Lipinski definition) is 6. The third kappa shape index (κ3) is 5.10. The van der Waals surface area contributed by atoms with E-state index < -0.39 is 0 Å². The zero-order chi connectivity index (χ0) is 21.8. The van der Waals surface area contributed by atoms with Crippen molar-refractivity contribution < 1.29 is 4.79 Å². The van der Waals surface area contributed by atoms with E-state index in [2.05, 4.69) is 25.6 Å². The number of halogens is 1. The molecule has 2 heterocycles. The van der Waals surface area contributed by atoms with Crippen molar-refractivity contribution in [3.05, 3.63) is 88.5 Å². The number of thioether (sulfide) groups is 1. The first-order valence-electron chi connectivity index (χ1n) is 9.51. The maximum atomic E-state index is 13.0. The topological polar surface area (TPSA) is 85.6 Å². The van der Waals surface area contributed by atoms with Crippen LogP contribution in [0.5, 0.6) is 0 Å². The second-order valence-corrected chi connectivity index (χ2v) is 8.19. The van der Waals surface area contributed by atoms with Crippen molar-refractivity contribution in [1.82, 2.24) is 25.0 Å². The number of carbonyl (C=O) groups is 1. The zero-order valence-electron chi connectivity index (χ0n) is 16.9. The lowest BCUT2D eigenvalue weighted by atomic mass is 10.2. The van der Waals surface area contributed by atoms with Crippen molar-refractivity contribution in [1.29, 1.82) is 0 Å². The number of aryl methyl sites for hydroxylation is 2. The maximum Gasteiger partial charge on any atom is 0.278 e. The highest BCUT2D eigenvalue weighted by molar-refractivity contribution is 7.98. The van der Waals surface area contributed by atoms with Crippen LogP contribution in [0.25, 0.3) is 5.69 Å². The molecule has 31 heavy (non-hydrogen) atoms. The van der Waals surface area contributed by atoms with Crippen LogP contribution in [-0.2, 0) is 5.75 Å². The molecule has 0 aliphatic heterocycles. The Morgan fingerprint density at radius 2 is 1.71 bits per heavy atom. The number of anilines is 1. The quantitative estimate of drug-likeness (QED) is 0.333. The van der Waals surface area contributed by atoms with E-state index in [1.165, 1.54) is 11.8 Å². The van der Waals surface area contributed by atoms with Crippen LogP contribution in [0.3, 0.4) is 0 Å². The van der Waals surface area contributed by atoms with Crippen LogP contribution in [0.4, 0.5) is 5.69 Å². The predicted molar refractivity (Wildman–Crippen MR) is 122 cm³/mol. The van der Waals surface area contributed by atoms with E-state index in [0.717, 1.165) is 17.1 Å². The number of benzene rings is 2. The Kier molecular flexibility index (Phi) is 6.29. The lowest BCUT2D eigenvalue weighted by Crippen LogP contribution is -2.15. The summed E-state index contributed by atoms with van der Waals surface area (Å²) in [6.07, 6.45) is 0. The van der Waals surface area contributed by atoms with Crippen molar-refractivity contribution in [2.24, 2.45) is 0 Å². The predicted octanol–water partition coefficient (Wildman–Crippen LogP) is 4.87. The van der Waals surface area contributed by atoms with Gasteiger partial charge in [0.05, 0.1) is 11.4 Å². The molecule has 2 aromatic carbocycles. The zero-order valence-corrected chi connectivity index (χ0v) is 18.5. The van der Waals surface area contributed by atoms with Gasteiger partial charge in [-0.05, 0) is 56.3 Å². The third-order valence-electron chi connectivity index (χ3n) is 4.38. The second-order valence-electron chi connectivity index (χ2n) is 6.82. The Hall–Kier alpha value is -3.23. The molecule has 0 unspecified atom stereocenters. The SMILES string of the molecule is Cc1cc(C)nc(SCc2c(C(=O)Nc3ccccc3)nnn2-c2ccc(Cl)cc2)n1. The molecule has 0 aliphatic carbocycles. The molecule has 0 saturated carbocycles. The molecule has 9 heteroatoms. The summed E-state index contributed by atoms with van der Waals surface area (Å²) in [4.78, 5) is 21.9. The van der Waals surface area contributed by atoms with E-state index in [1.807, 2.05) is 62.4 Å². The summed E-state index contributed by atoms with van der Waals surface area (Å²) >= 11 is 7.45. The number of para-hydroxylation sites is 1. The summed E-state index contributed by atoms with van der Waals surface area (Å²) in [6.45, 7) is 3.86. The number of aromatic nitrogens is 5. The molecule has 0 bridgehead atoms. The summed E-state index contributed by atoms with van der Waals surface area (Å²) in [5.74, 6) is 0.0825. The number of hydrogen-bond donors (Lipinski definition) is 1. The fourth-order valence-electron chi connectivity index (χ4n) is 3.00. The van der Waals surface area contributed by atoms with Crippen LogP contribution >= 0.6 is 23.4 Å². The summed E-state index contributed by atoms with van der Waals surface area (Å²) in [6, 6.07) is 18.4. The van der Waals surface area contributed by atoms with E-state index in [0.29, 0.717) is 27.3 Å². The molecule has 0 fully saturated rings. The van der Waals surface area contributed by atoms with Gasteiger partial charge in [-0.2, -0.15) is 0 Å². The third-order valence-corrected chi connectivity index (χ3v) is 5.49. The van der Waals surface area contributed by atoms with Gasteiger partial charge in [-0.1, -0.05) is 46.8 Å². The Balaban J connectivity index is 1.67. The standard InChI is InChI=1S/C22H19ClN6OS/c1-14-12-15(2)25-22(24-14)31-13-19-20(21(30)26-17-6-4-3-5-7-17)27-28-29(19)18-10-8-16(23)9-11-18/h3-12H,13H2,1-2H3,(H,26,30). The second kappa shape index (κ2) is 9.28. The molecule has 1 amide bonds. The molecular formula is C22H19ClN6OS. The Labute approximate surface area is 188 Å². The van der Waals surface area contributed by atoms with Crippen LogP contribution in [0, 0.1) is 13.8 Å². The van der Waals surface area contributed by atoms with Gasteiger partial charge >= 0.3 is 0 Å². The minimum absolute atomic E-state index is 0.246. The van der Waals surface area contributed by atoms with Gasteiger partial charge in [0.2, 0.25) is 0 Å². The van der Waals surface area contributed by atoms with E-state index in [1.54, 1.807) is 16.8 Å². The van der Waals surface area contributed by atoms with Gasteiger partial charge in [0.1, 0.15) is 0 Å². The van der Waals surface area contributed by atoms with Gasteiger partial charge in [-0.15, -0.1) is 5.10 Å². The van der Waals surface area contributed by atoms with Crippen LogP contribution in [-0.4, -0.2) is 30.9 Å². The fraction of sp³-hybridized carbons (Fsp3) is 0.136. The highest BCUT2D eigenvalue weighted by atomic mass is 35.5. The molecule has 4 rings (SSSR count). The van der Waals surface area contributed by atoms with Crippen molar-refractivity contribution in [2.75, 3.05) is 5.32 Å². The molecule has 0 radical (unpaired) electrons. The highest BCUT2D eigenvalue weighted by Crippen LogP contribution is 2.25. The van der Waals surface area contributed by atoms with E-state index in [-0.39, 0.29) is 11.6 Å². The van der Waals surface area contributed by atoms with Crippen molar-refractivity contribution in [3.63, 3.8) is 0 Å². The number of rotatable bonds is 6. The van der Waals surface area contributed by atoms with E-state index >= 15 is 0 Å². The van der Waals surface area contributed by atoms with E-state index in [4.69, 9.17) is 11.6 Å². The number of nitrogens with one attached hydrogen (secondary N) is 1. The monoisotopic (exact) mass is 450 g/mol. The van der Waals surface area contributed by atoms with Gasteiger partial charge in [0, 0.05) is 27.9 Å². The number of amides is 1. The molecule has 0 spiro atoms. The molecular weight excluding hydrogens is 432 g/mol. The molecule has 0 saturated heterocycles. The average Bonchev–Trinajstić information content (AvgIpc) is 3.17. The van der Waals surface area contributed by atoms with Gasteiger partial charge in [0.15, 0.2) is 10.9 Å². The average molecular weight is 451 g/mol. The van der Waals surface area contributed by atoms with Gasteiger partial charge in [-0.3, -0.25) is 4.79 Å². The van der Waals surface area contributed by atoms with Crippen molar-refractivity contribution in [3.8, 4) is 5.69 Å². The van der Waals surface area contributed by atoms with Crippen LogP contribution in [0.1, 0.15) is 27.6 Å². The van der Waals surface area contributed by atoms with E-state index in [9.17, 15) is 4.79 Å². The summed E-state index contributed by atoms with van der Waals surface area (Å²) in [5.41, 5.74) is 4.11. The largest absolute Gasteiger partial charge is 0.321 e. The summed E-state index contributed by atoms with van der Waals surface area (Å²) in [7, 11) is 0. The molecule has 0 atom stereocenters. The molecule has 7 nitrogen and oxygen atoms in total. The Bertz CT molecular complexity index is 1190. The maximum absolute atomic E-state index is 13.0. The normalized spacial score (nSPS) is 10.8. The number of carbonyl (C=O) groups excluding carboxylic acids is 1. The lowest BCUT2D eigenvalue weighted by Gasteiger charge is -2.09. The molecule has 1 N–H and O–H groups in total. The summed E-state index contributed by atoms with van der Waals surface area (Å²) in [5, 5.41) is 12.5. The van der Waals surface area contributed by atoms with Crippen molar-refractivity contribution in [2.45, 2.75) is 24.8 Å². The molecule has 0 aliphatic rings. The van der Waals surface area contributed by atoms with Gasteiger partial charge in [-0.25, -0.2) is 14.6 Å². The number of nitrogens with zero attached hydrogens (tertiary/aromatic N) is 5. The lowest BCUT2D eigenvalue weighted by molar-refractivity contribution is 0.102. The first-order valence-corrected chi connectivity index (χ1v) is 10.9. The van der Waals surface area contributed by atoms with Crippen LogP contribution in [0.2, 0.25) is 5.02 Å². The smallest absolute Gasteiger partial charge is 0.278 e. The Morgan fingerprint density at radius 3 is 2.39 bits per heavy atom. The van der Waals surface area contributed by atoms with Crippen molar-refractivity contribution >= 4 is 35.0 Å². The molecule has 156 valence electrons. The molecule has 4 aromatic rings. The first-order chi connectivity index (χ1) is 15.0. The highest BCUT2D eigenvalue weighted by Gasteiger charge is 2.21. The Morgan fingerprint density at radius 1 is 1.03 bits per heavy atom. The van der Waals surface area contributed by atoms with Crippen LogP contribution in [0.15, 0.2) is 65.8 Å².